The predicted octanol–water partition coefficient (Wildman–Crippen LogP) is 3.18. The van der Waals surface area contributed by atoms with E-state index in [1.807, 2.05) is 11.9 Å². The number of rotatable bonds is 2. The van der Waals surface area contributed by atoms with Gasteiger partial charge in [-0.25, -0.2) is 5.01 Å². The molecule has 4 heterocycles. The predicted molar refractivity (Wildman–Crippen MR) is 88.5 cm³/mol. The number of nitrogens with one attached hydrogen (secondary N) is 1. The van der Waals surface area contributed by atoms with Crippen molar-refractivity contribution >= 4 is 21.8 Å². The first-order chi connectivity index (χ1) is 10.7. The van der Waals surface area contributed by atoms with Crippen LogP contribution in [0, 0.1) is 5.92 Å². The molecule has 1 atom stereocenters. The van der Waals surface area contributed by atoms with E-state index in [1.54, 1.807) is 0 Å². The maximum absolute atomic E-state index is 12.5. The number of benzene rings is 1. The second-order valence-electron chi connectivity index (χ2n) is 6.24. The Kier molecular flexibility index (Phi) is 3.40. The standard InChI is InChI=1S/C17H20BrN3O/c1-2-14(22)21-16(12-3-5-13(18)6-4-12)17-15(19-21)11-7-9-20(17)10-8-11/h3-6,11,16,19H,2,7-10H2,1H3. The van der Waals surface area contributed by atoms with E-state index in [2.05, 4.69) is 50.5 Å². The SMILES string of the molecule is CCC(=O)N1NC2=C(C1c1ccc(Br)cc1)N1CCC2CC1. The van der Waals surface area contributed by atoms with Gasteiger partial charge in [0.25, 0.3) is 0 Å². The monoisotopic (exact) mass is 361 g/mol. The molecule has 4 aliphatic rings. The number of fused-ring (bicyclic) bond motifs is 2. The van der Waals surface area contributed by atoms with E-state index < -0.39 is 0 Å². The van der Waals surface area contributed by atoms with Gasteiger partial charge >= 0.3 is 0 Å². The van der Waals surface area contributed by atoms with Gasteiger partial charge in [-0.3, -0.25) is 10.2 Å². The Morgan fingerprint density at radius 3 is 2.59 bits per heavy atom. The van der Waals surface area contributed by atoms with Crippen molar-refractivity contribution in [3.63, 3.8) is 0 Å². The van der Waals surface area contributed by atoms with Crippen molar-refractivity contribution in [2.75, 3.05) is 13.1 Å². The van der Waals surface area contributed by atoms with Gasteiger partial charge in [0.15, 0.2) is 0 Å². The van der Waals surface area contributed by atoms with Gasteiger partial charge in [-0.1, -0.05) is 35.0 Å². The van der Waals surface area contributed by atoms with Gasteiger partial charge in [0.05, 0.1) is 11.4 Å². The van der Waals surface area contributed by atoms with Crippen molar-refractivity contribution in [3.8, 4) is 0 Å². The first-order valence-electron chi connectivity index (χ1n) is 8.02. The van der Waals surface area contributed by atoms with E-state index in [0.717, 1.165) is 17.6 Å². The van der Waals surface area contributed by atoms with Crippen LogP contribution in [0.2, 0.25) is 0 Å². The number of hydrogen-bond donors (Lipinski definition) is 1. The largest absolute Gasteiger partial charge is 0.371 e. The summed E-state index contributed by atoms with van der Waals surface area (Å²) >= 11 is 3.49. The topological polar surface area (TPSA) is 35.6 Å². The van der Waals surface area contributed by atoms with Gasteiger partial charge in [0.2, 0.25) is 5.91 Å². The second kappa shape index (κ2) is 5.30. The molecule has 22 heavy (non-hydrogen) atoms. The molecule has 5 heteroatoms. The van der Waals surface area contributed by atoms with Crippen LogP contribution in [0.4, 0.5) is 0 Å². The molecule has 1 N–H and O–H groups in total. The highest BCUT2D eigenvalue weighted by Crippen LogP contribution is 2.46. The Labute approximate surface area is 139 Å². The van der Waals surface area contributed by atoms with Crippen LogP contribution in [-0.2, 0) is 4.79 Å². The molecule has 1 aromatic carbocycles. The fourth-order valence-electron chi connectivity index (χ4n) is 3.90. The fourth-order valence-corrected chi connectivity index (χ4v) is 4.17. The highest BCUT2D eigenvalue weighted by molar-refractivity contribution is 9.10. The summed E-state index contributed by atoms with van der Waals surface area (Å²) in [4.78, 5) is 14.9. The summed E-state index contributed by atoms with van der Waals surface area (Å²) in [6.07, 6.45) is 2.92. The Hall–Kier alpha value is -1.49. The van der Waals surface area contributed by atoms with Crippen LogP contribution in [0.3, 0.4) is 0 Å². The van der Waals surface area contributed by atoms with Gasteiger partial charge in [0.1, 0.15) is 6.04 Å². The lowest BCUT2D eigenvalue weighted by molar-refractivity contribution is -0.134. The molecular weight excluding hydrogens is 342 g/mol. The molecule has 2 bridgehead atoms. The van der Waals surface area contributed by atoms with Crippen LogP contribution in [0.1, 0.15) is 37.8 Å². The molecule has 116 valence electrons. The molecule has 0 radical (unpaired) electrons. The number of piperidine rings is 1. The molecule has 0 aromatic heterocycles. The van der Waals surface area contributed by atoms with E-state index in [0.29, 0.717) is 12.3 Å². The maximum Gasteiger partial charge on any atom is 0.241 e. The summed E-state index contributed by atoms with van der Waals surface area (Å²) in [5.41, 5.74) is 7.23. The molecule has 0 spiro atoms. The first-order valence-corrected chi connectivity index (χ1v) is 8.81. The number of amides is 1. The van der Waals surface area contributed by atoms with E-state index in [9.17, 15) is 4.79 Å². The average molecular weight is 362 g/mol. The minimum atomic E-state index is 0.0126. The molecule has 4 aliphatic heterocycles. The quantitative estimate of drug-likeness (QED) is 0.878. The van der Waals surface area contributed by atoms with Gasteiger partial charge in [-0.15, -0.1) is 0 Å². The maximum atomic E-state index is 12.5. The zero-order valence-corrected chi connectivity index (χ0v) is 14.3. The number of halogens is 1. The minimum absolute atomic E-state index is 0.0126. The van der Waals surface area contributed by atoms with Crippen molar-refractivity contribution in [1.82, 2.24) is 15.3 Å². The molecule has 0 aliphatic carbocycles. The highest BCUT2D eigenvalue weighted by atomic mass is 79.9. The lowest BCUT2D eigenvalue weighted by atomic mass is 9.85. The van der Waals surface area contributed by atoms with Crippen LogP contribution >= 0.6 is 15.9 Å². The van der Waals surface area contributed by atoms with Crippen molar-refractivity contribution in [2.24, 2.45) is 5.92 Å². The Bertz CT molecular complexity index is 632. The normalized spacial score (nSPS) is 23.8. The fraction of sp³-hybridized carbons (Fsp3) is 0.471. The number of hydrazine groups is 1. The third kappa shape index (κ3) is 2.06. The van der Waals surface area contributed by atoms with E-state index in [4.69, 9.17) is 0 Å². The number of carbonyl (C=O) groups is 1. The summed E-state index contributed by atoms with van der Waals surface area (Å²) in [5.74, 6) is 0.746. The van der Waals surface area contributed by atoms with Gasteiger partial charge in [-0.2, -0.15) is 0 Å². The highest BCUT2D eigenvalue weighted by Gasteiger charge is 2.45. The second-order valence-corrected chi connectivity index (χ2v) is 7.16. The third-order valence-corrected chi connectivity index (χ3v) is 5.56. The van der Waals surface area contributed by atoms with Crippen LogP contribution in [0.25, 0.3) is 0 Å². The lowest BCUT2D eigenvalue weighted by Gasteiger charge is -2.42. The Morgan fingerprint density at radius 1 is 1.27 bits per heavy atom. The number of carbonyl (C=O) groups excluding carboxylic acids is 1. The van der Waals surface area contributed by atoms with Crippen LogP contribution in [0.15, 0.2) is 40.1 Å². The molecule has 5 rings (SSSR count). The number of allylic oxidation sites excluding steroid dienone is 1. The van der Waals surface area contributed by atoms with Crippen molar-refractivity contribution in [1.29, 1.82) is 0 Å². The average Bonchev–Trinajstić information content (AvgIpc) is 2.98. The first kappa shape index (κ1) is 14.1. The number of hydrogen-bond acceptors (Lipinski definition) is 3. The van der Waals surface area contributed by atoms with Crippen molar-refractivity contribution in [3.05, 3.63) is 45.7 Å². The molecule has 1 aromatic rings. The summed E-state index contributed by atoms with van der Waals surface area (Å²) in [7, 11) is 0. The van der Waals surface area contributed by atoms with E-state index >= 15 is 0 Å². The molecule has 1 saturated heterocycles. The van der Waals surface area contributed by atoms with Gasteiger partial charge < -0.3 is 4.90 Å². The lowest BCUT2D eigenvalue weighted by Crippen LogP contribution is -2.41. The molecular formula is C17H20BrN3O. The summed E-state index contributed by atoms with van der Waals surface area (Å²) in [6, 6.07) is 8.36. The molecule has 1 unspecified atom stereocenters. The Balaban J connectivity index is 1.79. The number of nitrogens with zero attached hydrogens (tertiary/aromatic N) is 2. The van der Waals surface area contributed by atoms with Crippen LogP contribution in [0.5, 0.6) is 0 Å². The van der Waals surface area contributed by atoms with Crippen LogP contribution in [-0.4, -0.2) is 28.9 Å². The zero-order chi connectivity index (χ0) is 15.3. The smallest absolute Gasteiger partial charge is 0.241 e. The molecule has 0 saturated carbocycles. The summed E-state index contributed by atoms with van der Waals surface area (Å²) in [6.45, 7) is 4.16. The van der Waals surface area contributed by atoms with Crippen LogP contribution < -0.4 is 5.43 Å². The molecule has 1 fully saturated rings. The van der Waals surface area contributed by atoms with Crippen molar-refractivity contribution in [2.45, 2.75) is 32.2 Å². The van der Waals surface area contributed by atoms with E-state index in [1.165, 1.54) is 29.8 Å². The van der Waals surface area contributed by atoms with Gasteiger partial charge in [0, 0.05) is 29.9 Å². The molecule has 4 nitrogen and oxygen atoms in total. The Morgan fingerprint density at radius 2 is 1.95 bits per heavy atom. The summed E-state index contributed by atoms with van der Waals surface area (Å²) < 4.78 is 1.07. The minimum Gasteiger partial charge on any atom is -0.371 e. The summed E-state index contributed by atoms with van der Waals surface area (Å²) in [5, 5.41) is 1.85. The third-order valence-electron chi connectivity index (χ3n) is 5.03. The molecule has 1 amide bonds. The van der Waals surface area contributed by atoms with Crippen molar-refractivity contribution < 1.29 is 4.79 Å². The zero-order valence-electron chi connectivity index (χ0n) is 12.7. The van der Waals surface area contributed by atoms with E-state index in [-0.39, 0.29) is 11.9 Å². The van der Waals surface area contributed by atoms with Gasteiger partial charge in [-0.05, 0) is 30.5 Å².